The maximum Gasteiger partial charge on any atom is 0.416 e. The van der Waals surface area contributed by atoms with Gasteiger partial charge in [0, 0.05) is 38.3 Å². The number of rotatable bonds is 5. The van der Waals surface area contributed by atoms with E-state index in [1.165, 1.54) is 13.2 Å². The summed E-state index contributed by atoms with van der Waals surface area (Å²) in [7, 11) is 1.29. The van der Waals surface area contributed by atoms with Crippen LogP contribution in [0.5, 0.6) is 5.75 Å². The minimum Gasteiger partial charge on any atom is -0.496 e. The molecule has 32 heavy (non-hydrogen) atoms. The van der Waals surface area contributed by atoms with Crippen molar-refractivity contribution >= 4 is 18.2 Å². The van der Waals surface area contributed by atoms with Gasteiger partial charge in [-0.15, -0.1) is 12.4 Å². The zero-order chi connectivity index (χ0) is 22.8. The minimum atomic E-state index is -5.04. The van der Waals surface area contributed by atoms with E-state index in [1.54, 1.807) is 12.1 Å². The predicted molar refractivity (Wildman–Crippen MR) is 108 cm³/mol. The van der Waals surface area contributed by atoms with Gasteiger partial charge in [-0.25, -0.2) is 0 Å². The first-order chi connectivity index (χ1) is 14.5. The number of methoxy groups -OCH3 is 1. The van der Waals surface area contributed by atoms with Crippen LogP contribution in [0, 0.1) is 0 Å². The lowest BCUT2D eigenvalue weighted by atomic mass is 9.94. The SMILES string of the molecule is COc1cccc(CN2CCNCC2)c1C(=O)c1cc(C(F)(F)F)cc(C(F)(F)F)c1.Cl. The first-order valence-electron chi connectivity index (χ1n) is 9.44. The lowest BCUT2D eigenvalue weighted by molar-refractivity contribution is -0.143. The van der Waals surface area contributed by atoms with Crippen LogP contribution in [0.25, 0.3) is 0 Å². The van der Waals surface area contributed by atoms with Gasteiger partial charge in [0.05, 0.1) is 23.8 Å². The van der Waals surface area contributed by atoms with E-state index in [0.29, 0.717) is 37.3 Å². The largest absolute Gasteiger partial charge is 0.496 e. The van der Waals surface area contributed by atoms with Crippen molar-refractivity contribution in [3.05, 3.63) is 64.2 Å². The monoisotopic (exact) mass is 482 g/mol. The number of ether oxygens (including phenoxy) is 1. The number of piperazine rings is 1. The van der Waals surface area contributed by atoms with Crippen molar-refractivity contribution < 1.29 is 35.9 Å². The molecule has 176 valence electrons. The van der Waals surface area contributed by atoms with Crippen LogP contribution in [0.3, 0.4) is 0 Å². The van der Waals surface area contributed by atoms with Crippen molar-refractivity contribution in [1.82, 2.24) is 10.2 Å². The van der Waals surface area contributed by atoms with Gasteiger partial charge in [-0.2, -0.15) is 26.3 Å². The highest BCUT2D eigenvalue weighted by molar-refractivity contribution is 6.12. The van der Waals surface area contributed by atoms with Crippen LogP contribution in [0.2, 0.25) is 0 Å². The number of nitrogens with zero attached hydrogens (tertiary/aromatic N) is 1. The van der Waals surface area contributed by atoms with Crippen molar-refractivity contribution in [2.24, 2.45) is 0 Å². The Morgan fingerprint density at radius 1 is 1.00 bits per heavy atom. The van der Waals surface area contributed by atoms with E-state index >= 15 is 0 Å². The number of halogens is 7. The summed E-state index contributed by atoms with van der Waals surface area (Å²) < 4.78 is 84.5. The summed E-state index contributed by atoms with van der Waals surface area (Å²) >= 11 is 0. The fourth-order valence-electron chi connectivity index (χ4n) is 3.48. The number of alkyl halides is 6. The topological polar surface area (TPSA) is 41.6 Å². The molecule has 0 spiro atoms. The van der Waals surface area contributed by atoms with Crippen LogP contribution in [-0.2, 0) is 18.9 Å². The standard InChI is InChI=1S/C21H20F6N2O2.ClH/c1-31-17-4-2-3-13(12-29-7-5-28-6-8-29)18(17)19(30)14-9-15(20(22,23)24)11-16(10-14)21(25,26)27;/h2-4,9-11,28H,5-8,12H2,1H3;1H. The molecule has 2 aromatic carbocycles. The van der Waals surface area contributed by atoms with Gasteiger partial charge in [-0.05, 0) is 29.8 Å². The van der Waals surface area contributed by atoms with Crippen LogP contribution in [0.4, 0.5) is 26.3 Å². The molecule has 0 radical (unpaired) electrons. The molecule has 0 unspecified atom stereocenters. The highest BCUT2D eigenvalue weighted by atomic mass is 35.5. The molecule has 3 rings (SSSR count). The van der Waals surface area contributed by atoms with Gasteiger partial charge in [0.1, 0.15) is 5.75 Å². The number of hydrogen-bond donors (Lipinski definition) is 1. The molecule has 4 nitrogen and oxygen atoms in total. The van der Waals surface area contributed by atoms with Gasteiger partial charge >= 0.3 is 12.4 Å². The highest BCUT2D eigenvalue weighted by Crippen LogP contribution is 2.37. The summed E-state index contributed by atoms with van der Waals surface area (Å²) in [6, 6.07) is 5.58. The molecule has 1 aliphatic heterocycles. The van der Waals surface area contributed by atoms with Gasteiger partial charge in [0.2, 0.25) is 0 Å². The molecule has 1 fully saturated rings. The lowest BCUT2D eigenvalue weighted by Crippen LogP contribution is -2.43. The van der Waals surface area contributed by atoms with Crippen molar-refractivity contribution in [1.29, 1.82) is 0 Å². The third-order valence-electron chi connectivity index (χ3n) is 5.01. The number of nitrogens with one attached hydrogen (secondary N) is 1. The third-order valence-corrected chi connectivity index (χ3v) is 5.01. The van der Waals surface area contributed by atoms with Gasteiger partial charge in [0.15, 0.2) is 5.78 Å². The van der Waals surface area contributed by atoms with E-state index in [0.717, 1.165) is 13.1 Å². The first-order valence-corrected chi connectivity index (χ1v) is 9.44. The second kappa shape index (κ2) is 10.1. The van der Waals surface area contributed by atoms with Crippen molar-refractivity contribution in [3.63, 3.8) is 0 Å². The van der Waals surface area contributed by atoms with E-state index in [-0.39, 0.29) is 29.8 Å². The third kappa shape index (κ3) is 5.93. The van der Waals surface area contributed by atoms with E-state index in [1.807, 2.05) is 4.90 Å². The number of benzene rings is 2. The molecule has 0 aliphatic carbocycles. The fourth-order valence-corrected chi connectivity index (χ4v) is 3.48. The molecule has 0 amide bonds. The van der Waals surface area contributed by atoms with E-state index in [2.05, 4.69) is 5.32 Å². The molecule has 1 aliphatic rings. The molecule has 0 saturated carbocycles. The second-order valence-electron chi connectivity index (χ2n) is 7.14. The molecule has 1 saturated heterocycles. The Hall–Kier alpha value is -2.30. The number of hydrogen-bond acceptors (Lipinski definition) is 4. The summed E-state index contributed by atoms with van der Waals surface area (Å²) in [4.78, 5) is 15.2. The molecular formula is C21H21ClF6N2O2. The average Bonchev–Trinajstić information content (AvgIpc) is 2.72. The maximum absolute atomic E-state index is 13.2. The average molecular weight is 483 g/mol. The lowest BCUT2D eigenvalue weighted by Gasteiger charge is -2.28. The minimum absolute atomic E-state index is 0. The van der Waals surface area contributed by atoms with E-state index < -0.39 is 34.8 Å². The van der Waals surface area contributed by atoms with Gasteiger partial charge in [-0.3, -0.25) is 9.69 Å². The Bertz CT molecular complexity index is 924. The zero-order valence-electron chi connectivity index (χ0n) is 16.9. The van der Waals surface area contributed by atoms with Gasteiger partial charge in [0.25, 0.3) is 0 Å². The number of carbonyl (C=O) groups is 1. The van der Waals surface area contributed by atoms with Crippen LogP contribution < -0.4 is 10.1 Å². The molecular weight excluding hydrogens is 462 g/mol. The summed E-state index contributed by atoms with van der Waals surface area (Å²) in [6.07, 6.45) is -10.1. The molecule has 1 heterocycles. The maximum atomic E-state index is 13.2. The Morgan fingerprint density at radius 2 is 1.56 bits per heavy atom. The molecule has 2 aromatic rings. The molecule has 0 aromatic heterocycles. The molecule has 0 atom stereocenters. The smallest absolute Gasteiger partial charge is 0.416 e. The summed E-state index contributed by atoms with van der Waals surface area (Å²) in [5.74, 6) is -0.872. The normalized spacial score (nSPS) is 15.2. The van der Waals surface area contributed by atoms with Gasteiger partial charge in [-0.1, -0.05) is 12.1 Å². The number of carbonyl (C=O) groups excluding carboxylic acids is 1. The van der Waals surface area contributed by atoms with Crippen molar-refractivity contribution in [3.8, 4) is 5.75 Å². The second-order valence-corrected chi connectivity index (χ2v) is 7.14. The predicted octanol–water partition coefficient (Wildman–Crippen LogP) is 4.79. The van der Waals surface area contributed by atoms with Crippen molar-refractivity contribution in [2.45, 2.75) is 18.9 Å². The summed E-state index contributed by atoms with van der Waals surface area (Å²) in [5.41, 5.74) is -3.35. The van der Waals surface area contributed by atoms with Crippen molar-refractivity contribution in [2.75, 3.05) is 33.3 Å². The molecule has 1 N–H and O–H groups in total. The van der Waals surface area contributed by atoms with Gasteiger partial charge < -0.3 is 10.1 Å². The van der Waals surface area contributed by atoms with Crippen LogP contribution in [-0.4, -0.2) is 44.0 Å². The van der Waals surface area contributed by atoms with Crippen LogP contribution in [0.15, 0.2) is 36.4 Å². The molecule has 0 bridgehead atoms. The van der Waals surface area contributed by atoms with E-state index in [9.17, 15) is 31.1 Å². The van der Waals surface area contributed by atoms with Crippen LogP contribution in [0.1, 0.15) is 32.6 Å². The Labute approximate surface area is 186 Å². The highest BCUT2D eigenvalue weighted by Gasteiger charge is 2.38. The summed E-state index contributed by atoms with van der Waals surface area (Å²) in [6.45, 7) is 3.15. The quantitative estimate of drug-likeness (QED) is 0.491. The first kappa shape index (κ1) is 26.0. The van der Waals surface area contributed by atoms with Crippen LogP contribution >= 0.6 is 12.4 Å². The Balaban J connectivity index is 0.00000363. The summed E-state index contributed by atoms with van der Waals surface area (Å²) in [5, 5.41) is 3.18. The Kier molecular flexibility index (Phi) is 8.19. The fraction of sp³-hybridized carbons (Fsp3) is 0.381. The number of ketones is 1. The Morgan fingerprint density at radius 3 is 2.06 bits per heavy atom. The molecule has 11 heteroatoms. The zero-order valence-corrected chi connectivity index (χ0v) is 17.8. The van der Waals surface area contributed by atoms with E-state index in [4.69, 9.17) is 4.74 Å².